The Morgan fingerprint density at radius 3 is 2.78 bits per heavy atom. The molecule has 2 N–H and O–H groups in total. The maximum atomic E-state index is 11.2. The van der Waals surface area contributed by atoms with Gasteiger partial charge in [-0.2, -0.15) is 0 Å². The van der Waals surface area contributed by atoms with Gasteiger partial charge in [0.2, 0.25) is 0 Å². The molecule has 0 aliphatic heterocycles. The van der Waals surface area contributed by atoms with Crippen LogP contribution in [0.2, 0.25) is 0 Å². The minimum atomic E-state index is -0.567. The number of fused-ring (bicyclic) bond motifs is 1. The van der Waals surface area contributed by atoms with E-state index in [1.54, 1.807) is 11.6 Å². The molecular formula is C20H30N4O3. The highest BCUT2D eigenvalue weighted by molar-refractivity contribution is 5.91. The molecule has 1 aromatic heterocycles. The predicted octanol–water partition coefficient (Wildman–Crippen LogP) is 2.68. The monoisotopic (exact) mass is 374 g/mol. The molecule has 0 unspecified atom stereocenters. The van der Waals surface area contributed by atoms with E-state index in [-0.39, 0.29) is 5.41 Å². The molecule has 1 heterocycles. The Labute approximate surface area is 160 Å². The average molecular weight is 374 g/mol. The van der Waals surface area contributed by atoms with Gasteiger partial charge >= 0.3 is 0 Å². The summed E-state index contributed by atoms with van der Waals surface area (Å²) < 4.78 is 7.85. The molecular weight excluding hydrogens is 344 g/mol. The number of ether oxygens (including phenoxy) is 1. The zero-order valence-corrected chi connectivity index (χ0v) is 16.8. The number of hydrogen-bond acceptors (Lipinski definition) is 5. The molecule has 2 rings (SSSR count). The van der Waals surface area contributed by atoms with Crippen LogP contribution in [0.25, 0.3) is 17.1 Å². The van der Waals surface area contributed by atoms with Crippen molar-refractivity contribution in [2.75, 3.05) is 27.2 Å². The summed E-state index contributed by atoms with van der Waals surface area (Å²) in [5.41, 5.74) is 4.39. The fraction of sp³-hybridized carbons (Fsp3) is 0.500. The predicted molar refractivity (Wildman–Crippen MR) is 106 cm³/mol. The van der Waals surface area contributed by atoms with E-state index in [9.17, 15) is 4.79 Å². The van der Waals surface area contributed by atoms with Crippen molar-refractivity contribution in [2.24, 2.45) is 5.41 Å². The number of nitrogens with one attached hydrogen (secondary N) is 1. The number of hydrogen-bond donors (Lipinski definition) is 2. The molecule has 7 heteroatoms. The van der Waals surface area contributed by atoms with Gasteiger partial charge in [0, 0.05) is 25.8 Å². The standard InChI is InChI=1S/C20H30N4O3/c1-6-27-12-18-21-16-11-15(8-10-19(25)22-26)7-9-17(16)24(18)14-20(2,3)13-23(4)5/h7-11,26H,6,12-14H2,1-5H3,(H,22,25). The summed E-state index contributed by atoms with van der Waals surface area (Å²) in [6.45, 7) is 9.33. The number of carbonyl (C=O) groups is 1. The van der Waals surface area contributed by atoms with Gasteiger partial charge in [0.1, 0.15) is 12.4 Å². The second kappa shape index (κ2) is 9.12. The molecule has 0 spiro atoms. The summed E-state index contributed by atoms with van der Waals surface area (Å²) >= 11 is 0. The van der Waals surface area contributed by atoms with Crippen molar-refractivity contribution in [1.29, 1.82) is 0 Å². The van der Waals surface area contributed by atoms with Gasteiger partial charge in [-0.25, -0.2) is 10.5 Å². The molecule has 0 atom stereocenters. The van der Waals surface area contributed by atoms with Crippen LogP contribution < -0.4 is 5.48 Å². The van der Waals surface area contributed by atoms with Gasteiger partial charge in [-0.05, 0) is 50.2 Å². The molecule has 1 aromatic carbocycles. The van der Waals surface area contributed by atoms with Crippen LogP contribution in [0.1, 0.15) is 32.2 Å². The minimum absolute atomic E-state index is 0.0654. The van der Waals surface area contributed by atoms with Gasteiger partial charge in [0.25, 0.3) is 5.91 Å². The second-order valence-corrected chi connectivity index (χ2v) is 7.71. The quantitative estimate of drug-likeness (QED) is 0.401. The molecule has 27 heavy (non-hydrogen) atoms. The number of hydroxylamine groups is 1. The number of imidazole rings is 1. The zero-order chi connectivity index (χ0) is 20.0. The molecule has 1 amide bonds. The topological polar surface area (TPSA) is 79.6 Å². The van der Waals surface area contributed by atoms with Crippen LogP contribution in [0.15, 0.2) is 24.3 Å². The Bertz CT molecular complexity index is 809. The molecule has 0 fully saturated rings. The summed E-state index contributed by atoms with van der Waals surface area (Å²) in [7, 11) is 4.16. The largest absolute Gasteiger partial charge is 0.374 e. The van der Waals surface area contributed by atoms with E-state index in [0.717, 1.165) is 35.5 Å². The Hall–Kier alpha value is -2.22. The lowest BCUT2D eigenvalue weighted by molar-refractivity contribution is -0.124. The third kappa shape index (κ3) is 5.89. The minimum Gasteiger partial charge on any atom is -0.374 e. The van der Waals surface area contributed by atoms with E-state index in [2.05, 4.69) is 37.4 Å². The maximum absolute atomic E-state index is 11.2. The van der Waals surface area contributed by atoms with Crippen molar-refractivity contribution in [3.05, 3.63) is 35.7 Å². The number of amides is 1. The lowest BCUT2D eigenvalue weighted by Gasteiger charge is -2.29. The Kier molecular flexibility index (Phi) is 7.12. The molecule has 0 bridgehead atoms. The van der Waals surface area contributed by atoms with E-state index in [4.69, 9.17) is 14.9 Å². The first-order valence-corrected chi connectivity index (χ1v) is 9.09. The molecule has 148 valence electrons. The van der Waals surface area contributed by atoms with Crippen molar-refractivity contribution >= 4 is 23.0 Å². The molecule has 2 aromatic rings. The number of carbonyl (C=O) groups excluding carboxylic acids is 1. The number of aromatic nitrogens is 2. The zero-order valence-electron chi connectivity index (χ0n) is 16.8. The number of rotatable bonds is 9. The van der Waals surface area contributed by atoms with E-state index < -0.39 is 5.91 Å². The van der Waals surface area contributed by atoms with Crippen molar-refractivity contribution < 1.29 is 14.7 Å². The average Bonchev–Trinajstić information content (AvgIpc) is 2.92. The van der Waals surface area contributed by atoms with Crippen LogP contribution in [0, 0.1) is 5.41 Å². The summed E-state index contributed by atoms with van der Waals surface area (Å²) in [4.78, 5) is 18.1. The fourth-order valence-electron chi connectivity index (χ4n) is 3.32. The SMILES string of the molecule is CCOCc1nc2cc(C=CC(=O)NO)ccc2n1CC(C)(C)CN(C)C. The number of nitrogens with zero attached hydrogens (tertiary/aromatic N) is 3. The fourth-order valence-corrected chi connectivity index (χ4v) is 3.32. The van der Waals surface area contributed by atoms with E-state index in [1.807, 2.05) is 25.1 Å². The van der Waals surface area contributed by atoms with Crippen LogP contribution >= 0.6 is 0 Å². The second-order valence-electron chi connectivity index (χ2n) is 7.71. The Morgan fingerprint density at radius 1 is 1.41 bits per heavy atom. The van der Waals surface area contributed by atoms with Crippen molar-refractivity contribution in [3.8, 4) is 0 Å². The molecule has 0 aliphatic carbocycles. The van der Waals surface area contributed by atoms with Gasteiger partial charge in [-0.3, -0.25) is 10.0 Å². The normalized spacial score (nSPS) is 12.4. The first-order valence-electron chi connectivity index (χ1n) is 9.09. The lowest BCUT2D eigenvalue weighted by Crippen LogP contribution is -2.32. The highest BCUT2D eigenvalue weighted by Crippen LogP contribution is 2.26. The first-order chi connectivity index (χ1) is 12.8. The third-order valence-corrected chi connectivity index (χ3v) is 4.15. The molecule has 0 aliphatic rings. The van der Waals surface area contributed by atoms with Gasteiger partial charge in [0.05, 0.1) is 11.0 Å². The van der Waals surface area contributed by atoms with E-state index >= 15 is 0 Å². The smallest absolute Gasteiger partial charge is 0.267 e. The van der Waals surface area contributed by atoms with Crippen LogP contribution in [0.5, 0.6) is 0 Å². The summed E-state index contributed by atoms with van der Waals surface area (Å²) in [5, 5.41) is 8.59. The molecule has 7 nitrogen and oxygen atoms in total. The summed E-state index contributed by atoms with van der Waals surface area (Å²) in [6.07, 6.45) is 2.92. The van der Waals surface area contributed by atoms with Crippen LogP contribution in [-0.2, 0) is 22.7 Å². The molecule has 0 saturated heterocycles. The maximum Gasteiger partial charge on any atom is 0.267 e. The Morgan fingerprint density at radius 2 is 2.15 bits per heavy atom. The summed E-state index contributed by atoms with van der Waals surface area (Å²) in [6, 6.07) is 5.88. The van der Waals surface area contributed by atoms with Gasteiger partial charge < -0.3 is 14.2 Å². The first kappa shape index (κ1) is 21.1. The van der Waals surface area contributed by atoms with Crippen molar-refractivity contribution in [2.45, 2.75) is 33.9 Å². The van der Waals surface area contributed by atoms with Crippen molar-refractivity contribution in [3.63, 3.8) is 0 Å². The van der Waals surface area contributed by atoms with E-state index in [1.165, 1.54) is 6.08 Å². The number of benzene rings is 1. The highest BCUT2D eigenvalue weighted by atomic mass is 16.5. The Balaban J connectivity index is 2.40. The molecule has 0 radical (unpaired) electrons. The lowest BCUT2D eigenvalue weighted by atomic mass is 9.92. The molecule has 0 saturated carbocycles. The van der Waals surface area contributed by atoms with Crippen LogP contribution in [0.4, 0.5) is 0 Å². The van der Waals surface area contributed by atoms with Crippen LogP contribution in [0.3, 0.4) is 0 Å². The van der Waals surface area contributed by atoms with Crippen molar-refractivity contribution in [1.82, 2.24) is 19.9 Å². The van der Waals surface area contributed by atoms with Crippen LogP contribution in [-0.4, -0.2) is 52.8 Å². The highest BCUT2D eigenvalue weighted by Gasteiger charge is 2.23. The van der Waals surface area contributed by atoms with Gasteiger partial charge in [-0.15, -0.1) is 0 Å². The third-order valence-electron chi connectivity index (χ3n) is 4.15. The summed E-state index contributed by atoms with van der Waals surface area (Å²) in [5.74, 6) is 0.330. The van der Waals surface area contributed by atoms with Gasteiger partial charge in [-0.1, -0.05) is 19.9 Å². The van der Waals surface area contributed by atoms with Gasteiger partial charge in [0.15, 0.2) is 0 Å². The van der Waals surface area contributed by atoms with E-state index in [0.29, 0.717) is 13.2 Å².